The highest BCUT2D eigenvalue weighted by Gasteiger charge is 2.25. The second kappa shape index (κ2) is 11.9. The maximum atomic E-state index is 11.4. The summed E-state index contributed by atoms with van der Waals surface area (Å²) in [5, 5.41) is 19.6. The van der Waals surface area contributed by atoms with E-state index in [0.29, 0.717) is 19.3 Å². The van der Waals surface area contributed by atoms with Gasteiger partial charge < -0.3 is 10.2 Å². The van der Waals surface area contributed by atoms with Crippen molar-refractivity contribution in [1.82, 2.24) is 0 Å². The quantitative estimate of drug-likeness (QED) is 0.413. The number of unbranched alkanes of at least 4 members (excludes halogenated alkanes) is 5. The van der Waals surface area contributed by atoms with Gasteiger partial charge in [-0.25, -0.2) is 0 Å². The highest BCUT2D eigenvalue weighted by Crippen LogP contribution is 2.19. The van der Waals surface area contributed by atoms with Crippen molar-refractivity contribution < 1.29 is 15.0 Å². The molecule has 128 valence electrons. The summed E-state index contributed by atoms with van der Waals surface area (Å²) < 4.78 is 0. The number of aliphatic hydroxyl groups is 1. The van der Waals surface area contributed by atoms with E-state index in [-0.39, 0.29) is 0 Å². The Morgan fingerprint density at radius 1 is 1.04 bits per heavy atom. The van der Waals surface area contributed by atoms with Crippen LogP contribution in [0.3, 0.4) is 0 Å². The van der Waals surface area contributed by atoms with Crippen molar-refractivity contribution in [3.63, 3.8) is 0 Å². The van der Waals surface area contributed by atoms with Crippen LogP contribution < -0.4 is 0 Å². The summed E-state index contributed by atoms with van der Waals surface area (Å²) >= 11 is 0. The molecule has 0 amide bonds. The molecule has 2 unspecified atom stereocenters. The molecule has 1 aromatic carbocycles. The number of aliphatic hydroxyl groups excluding tert-OH is 1. The summed E-state index contributed by atoms with van der Waals surface area (Å²) in [5.41, 5.74) is 1.14. The first-order valence-electron chi connectivity index (χ1n) is 8.71. The molecule has 2 atom stereocenters. The first-order chi connectivity index (χ1) is 11.1. The number of carboxylic acids is 1. The van der Waals surface area contributed by atoms with Gasteiger partial charge in [-0.15, -0.1) is 6.58 Å². The standard InChI is InChI=1S/C20H30O3/c1-2-3-4-5-6-7-11-14-18(20(22)23)19(21)16-15-17-12-9-8-10-13-17/h2,8-10,12-13,18-19,21H,1,3-7,11,14-16H2,(H,22,23). The fourth-order valence-corrected chi connectivity index (χ4v) is 2.82. The molecule has 0 aliphatic carbocycles. The van der Waals surface area contributed by atoms with Crippen molar-refractivity contribution in [3.05, 3.63) is 48.6 Å². The predicted octanol–water partition coefficient (Wildman–Crippen LogP) is 4.60. The molecule has 0 heterocycles. The largest absolute Gasteiger partial charge is 0.481 e. The molecule has 0 spiro atoms. The van der Waals surface area contributed by atoms with Gasteiger partial charge in [0.1, 0.15) is 0 Å². The molecular formula is C20H30O3. The van der Waals surface area contributed by atoms with Crippen LogP contribution in [0.1, 0.15) is 56.9 Å². The lowest BCUT2D eigenvalue weighted by Gasteiger charge is -2.19. The molecule has 0 saturated heterocycles. The van der Waals surface area contributed by atoms with Gasteiger partial charge in [-0.1, -0.05) is 62.1 Å². The molecule has 0 radical (unpaired) electrons. The average molecular weight is 318 g/mol. The highest BCUT2D eigenvalue weighted by molar-refractivity contribution is 5.70. The number of aliphatic carboxylic acids is 1. The van der Waals surface area contributed by atoms with E-state index in [2.05, 4.69) is 6.58 Å². The van der Waals surface area contributed by atoms with Gasteiger partial charge >= 0.3 is 5.97 Å². The minimum atomic E-state index is -0.878. The Bertz CT molecular complexity index is 441. The van der Waals surface area contributed by atoms with Crippen LogP contribution in [0.2, 0.25) is 0 Å². The fourth-order valence-electron chi connectivity index (χ4n) is 2.82. The van der Waals surface area contributed by atoms with Gasteiger partial charge in [0.15, 0.2) is 0 Å². The van der Waals surface area contributed by atoms with Gasteiger partial charge in [-0.05, 0) is 37.7 Å². The maximum absolute atomic E-state index is 11.4. The van der Waals surface area contributed by atoms with Crippen LogP contribution in [0.4, 0.5) is 0 Å². The Labute approximate surface area is 140 Å². The summed E-state index contributed by atoms with van der Waals surface area (Å²) in [7, 11) is 0. The Morgan fingerprint density at radius 3 is 2.35 bits per heavy atom. The topological polar surface area (TPSA) is 57.5 Å². The third kappa shape index (κ3) is 8.56. The lowest BCUT2D eigenvalue weighted by Crippen LogP contribution is -2.28. The second-order valence-electron chi connectivity index (χ2n) is 6.17. The number of aryl methyl sites for hydroxylation is 1. The molecule has 3 nitrogen and oxygen atoms in total. The van der Waals surface area contributed by atoms with E-state index in [1.54, 1.807) is 0 Å². The number of benzene rings is 1. The van der Waals surface area contributed by atoms with E-state index < -0.39 is 18.0 Å². The molecule has 0 aromatic heterocycles. The van der Waals surface area contributed by atoms with E-state index in [1.807, 2.05) is 36.4 Å². The molecule has 0 bridgehead atoms. The van der Waals surface area contributed by atoms with E-state index in [0.717, 1.165) is 37.7 Å². The van der Waals surface area contributed by atoms with Gasteiger partial charge in [0.25, 0.3) is 0 Å². The first-order valence-corrected chi connectivity index (χ1v) is 8.71. The third-order valence-corrected chi connectivity index (χ3v) is 4.28. The number of allylic oxidation sites excluding steroid dienone is 1. The fraction of sp³-hybridized carbons (Fsp3) is 0.550. The molecule has 0 saturated carbocycles. The third-order valence-electron chi connectivity index (χ3n) is 4.28. The molecule has 1 rings (SSSR count). The summed E-state index contributed by atoms with van der Waals surface area (Å²) in [6, 6.07) is 9.89. The van der Waals surface area contributed by atoms with Crippen LogP contribution >= 0.6 is 0 Å². The van der Waals surface area contributed by atoms with E-state index >= 15 is 0 Å². The number of carboxylic acid groups (broad SMARTS) is 1. The van der Waals surface area contributed by atoms with Crippen LogP contribution in [0.15, 0.2) is 43.0 Å². The highest BCUT2D eigenvalue weighted by atomic mass is 16.4. The molecule has 0 aliphatic rings. The second-order valence-corrected chi connectivity index (χ2v) is 6.17. The van der Waals surface area contributed by atoms with Crippen molar-refractivity contribution in [2.24, 2.45) is 5.92 Å². The average Bonchev–Trinajstić information content (AvgIpc) is 2.56. The monoisotopic (exact) mass is 318 g/mol. The summed E-state index contributed by atoms with van der Waals surface area (Å²) in [6.07, 6.45) is 9.35. The molecule has 2 N–H and O–H groups in total. The van der Waals surface area contributed by atoms with Crippen molar-refractivity contribution in [2.75, 3.05) is 0 Å². The van der Waals surface area contributed by atoms with Gasteiger partial charge in [0.05, 0.1) is 12.0 Å². The van der Waals surface area contributed by atoms with Crippen molar-refractivity contribution >= 4 is 5.97 Å². The number of hydrogen-bond donors (Lipinski definition) is 2. The van der Waals surface area contributed by atoms with Crippen molar-refractivity contribution in [3.8, 4) is 0 Å². The Balaban J connectivity index is 2.27. The molecule has 0 fully saturated rings. The van der Waals surface area contributed by atoms with Crippen molar-refractivity contribution in [2.45, 2.75) is 63.9 Å². The summed E-state index contributed by atoms with van der Waals surface area (Å²) in [4.78, 5) is 11.4. The van der Waals surface area contributed by atoms with Crippen LogP contribution in [-0.2, 0) is 11.2 Å². The zero-order valence-corrected chi connectivity index (χ0v) is 14.0. The van der Waals surface area contributed by atoms with E-state index in [1.165, 1.54) is 6.42 Å². The minimum absolute atomic E-state index is 0.500. The van der Waals surface area contributed by atoms with Crippen LogP contribution in [0.25, 0.3) is 0 Å². The van der Waals surface area contributed by atoms with Crippen LogP contribution in [0, 0.1) is 5.92 Å². The zero-order valence-electron chi connectivity index (χ0n) is 14.0. The minimum Gasteiger partial charge on any atom is -0.481 e. The molecular weight excluding hydrogens is 288 g/mol. The van der Waals surface area contributed by atoms with Crippen LogP contribution in [0.5, 0.6) is 0 Å². The Kier molecular flexibility index (Phi) is 10.0. The molecule has 1 aromatic rings. The lowest BCUT2D eigenvalue weighted by atomic mass is 9.91. The van der Waals surface area contributed by atoms with E-state index in [9.17, 15) is 15.0 Å². The van der Waals surface area contributed by atoms with Crippen molar-refractivity contribution in [1.29, 1.82) is 0 Å². The summed E-state index contributed by atoms with van der Waals surface area (Å²) in [6.45, 7) is 3.70. The maximum Gasteiger partial charge on any atom is 0.309 e. The van der Waals surface area contributed by atoms with Gasteiger partial charge in [0, 0.05) is 0 Å². The smallest absolute Gasteiger partial charge is 0.309 e. The normalized spacial score (nSPS) is 13.4. The number of carbonyl (C=O) groups is 1. The lowest BCUT2D eigenvalue weighted by molar-refractivity contribution is -0.146. The molecule has 3 heteroatoms. The predicted molar refractivity (Wildman–Crippen MR) is 94.4 cm³/mol. The van der Waals surface area contributed by atoms with E-state index in [4.69, 9.17) is 0 Å². The summed E-state index contributed by atoms with van der Waals surface area (Å²) in [5.74, 6) is -1.52. The SMILES string of the molecule is C=CCCCCCCCC(C(=O)O)C(O)CCc1ccccc1. The molecule has 23 heavy (non-hydrogen) atoms. The Morgan fingerprint density at radius 2 is 1.70 bits per heavy atom. The van der Waals surface area contributed by atoms with Gasteiger partial charge in [-0.3, -0.25) is 4.79 Å². The van der Waals surface area contributed by atoms with Crippen LogP contribution in [-0.4, -0.2) is 22.3 Å². The number of hydrogen-bond acceptors (Lipinski definition) is 2. The first kappa shape index (κ1) is 19.4. The number of rotatable bonds is 13. The van der Waals surface area contributed by atoms with Gasteiger partial charge in [-0.2, -0.15) is 0 Å². The van der Waals surface area contributed by atoms with Gasteiger partial charge in [0.2, 0.25) is 0 Å². The molecule has 0 aliphatic heterocycles. The zero-order chi connectivity index (χ0) is 16.9. The Hall–Kier alpha value is -1.61.